The lowest BCUT2D eigenvalue weighted by molar-refractivity contribution is 0.100. The number of hydrogen-bond acceptors (Lipinski definition) is 2. The van der Waals surface area contributed by atoms with Crippen molar-refractivity contribution in [2.24, 2.45) is 5.73 Å². The zero-order valence-electron chi connectivity index (χ0n) is 10.9. The SMILES string of the molecule is Cc1cc(CNc2cc(C(N)=O)ccc2F)ccc1Br. The maximum Gasteiger partial charge on any atom is 0.248 e. The summed E-state index contributed by atoms with van der Waals surface area (Å²) in [5.74, 6) is -0.989. The van der Waals surface area contributed by atoms with Crippen LogP contribution in [0.2, 0.25) is 0 Å². The number of amides is 1. The summed E-state index contributed by atoms with van der Waals surface area (Å²) < 4.78 is 14.7. The van der Waals surface area contributed by atoms with Crippen molar-refractivity contribution in [3.05, 3.63) is 63.4 Å². The molecule has 0 spiro atoms. The lowest BCUT2D eigenvalue weighted by Gasteiger charge is -2.10. The Bertz CT molecular complexity index is 658. The van der Waals surface area contributed by atoms with Gasteiger partial charge in [0.25, 0.3) is 0 Å². The second-order valence-electron chi connectivity index (χ2n) is 4.50. The summed E-state index contributed by atoms with van der Waals surface area (Å²) >= 11 is 3.43. The zero-order valence-corrected chi connectivity index (χ0v) is 12.5. The molecule has 1 amide bonds. The summed E-state index contributed by atoms with van der Waals surface area (Å²) in [7, 11) is 0. The standard InChI is InChI=1S/C15H14BrFN2O/c1-9-6-10(2-4-12(9)16)8-19-14-7-11(15(18)20)3-5-13(14)17/h2-7,19H,8H2,1H3,(H2,18,20). The number of hydrogen-bond donors (Lipinski definition) is 2. The molecule has 0 aliphatic heterocycles. The van der Waals surface area contributed by atoms with Gasteiger partial charge in [0.15, 0.2) is 0 Å². The minimum atomic E-state index is -0.576. The van der Waals surface area contributed by atoms with Gasteiger partial charge in [-0.25, -0.2) is 4.39 Å². The van der Waals surface area contributed by atoms with E-state index in [1.54, 1.807) is 0 Å². The summed E-state index contributed by atoms with van der Waals surface area (Å²) in [5.41, 5.74) is 7.86. The van der Waals surface area contributed by atoms with E-state index in [2.05, 4.69) is 21.2 Å². The molecule has 0 radical (unpaired) electrons. The number of aryl methyl sites for hydroxylation is 1. The average Bonchev–Trinajstić information content (AvgIpc) is 2.41. The fourth-order valence-corrected chi connectivity index (χ4v) is 2.07. The number of carbonyl (C=O) groups excluding carboxylic acids is 1. The van der Waals surface area contributed by atoms with E-state index in [1.165, 1.54) is 18.2 Å². The van der Waals surface area contributed by atoms with Gasteiger partial charge in [-0.15, -0.1) is 0 Å². The molecular weight excluding hydrogens is 323 g/mol. The number of rotatable bonds is 4. The third-order valence-electron chi connectivity index (χ3n) is 2.96. The van der Waals surface area contributed by atoms with Crippen LogP contribution in [-0.2, 0) is 6.54 Å². The maximum absolute atomic E-state index is 13.7. The molecule has 2 aromatic carbocycles. The first-order valence-corrected chi connectivity index (χ1v) is 6.85. The number of halogens is 2. The first kappa shape index (κ1) is 14.5. The molecule has 0 fully saturated rings. The van der Waals surface area contributed by atoms with Crippen molar-refractivity contribution >= 4 is 27.5 Å². The molecule has 2 rings (SSSR count). The minimum Gasteiger partial charge on any atom is -0.379 e. The van der Waals surface area contributed by atoms with Crippen LogP contribution >= 0.6 is 15.9 Å². The van der Waals surface area contributed by atoms with Crippen molar-refractivity contribution in [3.8, 4) is 0 Å². The van der Waals surface area contributed by atoms with E-state index in [0.717, 1.165) is 15.6 Å². The molecule has 0 aliphatic rings. The number of benzene rings is 2. The largest absolute Gasteiger partial charge is 0.379 e. The Morgan fingerprint density at radius 3 is 2.70 bits per heavy atom. The smallest absolute Gasteiger partial charge is 0.248 e. The Balaban J connectivity index is 2.15. The molecule has 0 atom stereocenters. The first-order valence-electron chi connectivity index (χ1n) is 6.05. The van der Waals surface area contributed by atoms with Crippen molar-refractivity contribution < 1.29 is 9.18 Å². The van der Waals surface area contributed by atoms with Crippen LogP contribution in [0.1, 0.15) is 21.5 Å². The van der Waals surface area contributed by atoms with E-state index in [9.17, 15) is 9.18 Å². The Hall–Kier alpha value is -1.88. The fraction of sp³-hybridized carbons (Fsp3) is 0.133. The lowest BCUT2D eigenvalue weighted by atomic mass is 10.1. The predicted octanol–water partition coefficient (Wildman–Crippen LogP) is 3.61. The molecule has 5 heteroatoms. The molecule has 0 heterocycles. The van der Waals surface area contributed by atoms with Crippen LogP contribution in [-0.4, -0.2) is 5.91 Å². The number of primary amides is 1. The predicted molar refractivity (Wildman–Crippen MR) is 81.1 cm³/mol. The van der Waals surface area contributed by atoms with Crippen LogP contribution in [0.4, 0.5) is 10.1 Å². The molecule has 3 N–H and O–H groups in total. The molecule has 104 valence electrons. The highest BCUT2D eigenvalue weighted by molar-refractivity contribution is 9.10. The van der Waals surface area contributed by atoms with E-state index >= 15 is 0 Å². The normalized spacial score (nSPS) is 10.3. The van der Waals surface area contributed by atoms with Gasteiger partial charge in [0.1, 0.15) is 5.82 Å². The molecule has 3 nitrogen and oxygen atoms in total. The second-order valence-corrected chi connectivity index (χ2v) is 5.35. The van der Waals surface area contributed by atoms with E-state index in [0.29, 0.717) is 6.54 Å². The fourth-order valence-electron chi connectivity index (χ4n) is 1.83. The number of nitrogens with two attached hydrogens (primary N) is 1. The van der Waals surface area contributed by atoms with Crippen molar-refractivity contribution in [1.29, 1.82) is 0 Å². The van der Waals surface area contributed by atoms with Gasteiger partial charge >= 0.3 is 0 Å². The third-order valence-corrected chi connectivity index (χ3v) is 3.85. The van der Waals surface area contributed by atoms with Gasteiger partial charge in [-0.3, -0.25) is 4.79 Å². The van der Waals surface area contributed by atoms with Crippen molar-refractivity contribution in [3.63, 3.8) is 0 Å². The highest BCUT2D eigenvalue weighted by Gasteiger charge is 2.07. The zero-order chi connectivity index (χ0) is 14.7. The minimum absolute atomic E-state index is 0.266. The van der Waals surface area contributed by atoms with Crippen molar-refractivity contribution in [2.75, 3.05) is 5.32 Å². The highest BCUT2D eigenvalue weighted by Crippen LogP contribution is 2.20. The molecule has 2 aromatic rings. The first-order chi connectivity index (χ1) is 9.47. The van der Waals surface area contributed by atoms with Crippen LogP contribution in [0.3, 0.4) is 0 Å². The monoisotopic (exact) mass is 336 g/mol. The molecule has 0 saturated carbocycles. The van der Waals surface area contributed by atoms with Crippen LogP contribution in [0.5, 0.6) is 0 Å². The molecule has 0 aliphatic carbocycles. The number of carbonyl (C=O) groups is 1. The third kappa shape index (κ3) is 3.36. The summed E-state index contributed by atoms with van der Waals surface area (Å²) in [6.07, 6.45) is 0. The van der Waals surface area contributed by atoms with Gasteiger partial charge in [0.05, 0.1) is 5.69 Å². The van der Waals surface area contributed by atoms with Gasteiger partial charge in [-0.2, -0.15) is 0 Å². The molecular formula is C15H14BrFN2O. The van der Waals surface area contributed by atoms with E-state index in [4.69, 9.17) is 5.73 Å². The summed E-state index contributed by atoms with van der Waals surface area (Å²) in [6, 6.07) is 9.92. The van der Waals surface area contributed by atoms with Crippen molar-refractivity contribution in [1.82, 2.24) is 0 Å². The highest BCUT2D eigenvalue weighted by atomic mass is 79.9. The Kier molecular flexibility index (Phi) is 4.39. The molecule has 0 saturated heterocycles. The summed E-state index contributed by atoms with van der Waals surface area (Å²) in [4.78, 5) is 11.1. The Labute approximate surface area is 125 Å². The molecule has 20 heavy (non-hydrogen) atoms. The van der Waals surface area contributed by atoms with Crippen LogP contribution < -0.4 is 11.1 Å². The topological polar surface area (TPSA) is 55.1 Å². The second kappa shape index (κ2) is 6.05. The van der Waals surface area contributed by atoms with Crippen LogP contribution in [0.15, 0.2) is 40.9 Å². The van der Waals surface area contributed by atoms with E-state index in [-0.39, 0.29) is 11.3 Å². The molecule has 0 aromatic heterocycles. The summed E-state index contributed by atoms with van der Waals surface area (Å²) in [5, 5.41) is 2.97. The van der Waals surface area contributed by atoms with Gasteiger partial charge < -0.3 is 11.1 Å². The van der Waals surface area contributed by atoms with Crippen LogP contribution in [0, 0.1) is 12.7 Å². The van der Waals surface area contributed by atoms with Gasteiger partial charge in [0, 0.05) is 16.6 Å². The van der Waals surface area contributed by atoms with E-state index < -0.39 is 11.7 Å². The van der Waals surface area contributed by atoms with Gasteiger partial charge in [0.2, 0.25) is 5.91 Å². The number of nitrogens with one attached hydrogen (secondary N) is 1. The number of anilines is 1. The van der Waals surface area contributed by atoms with Gasteiger partial charge in [-0.05, 0) is 42.3 Å². The van der Waals surface area contributed by atoms with E-state index in [1.807, 2.05) is 25.1 Å². The van der Waals surface area contributed by atoms with Crippen molar-refractivity contribution in [2.45, 2.75) is 13.5 Å². The van der Waals surface area contributed by atoms with Gasteiger partial charge in [-0.1, -0.05) is 28.1 Å². The van der Waals surface area contributed by atoms with Crippen LogP contribution in [0.25, 0.3) is 0 Å². The Morgan fingerprint density at radius 2 is 2.05 bits per heavy atom. The molecule has 0 bridgehead atoms. The molecule has 0 unspecified atom stereocenters. The summed E-state index contributed by atoms with van der Waals surface area (Å²) in [6.45, 7) is 2.45. The average molecular weight is 337 g/mol. The lowest BCUT2D eigenvalue weighted by Crippen LogP contribution is -2.12. The maximum atomic E-state index is 13.7. The quantitative estimate of drug-likeness (QED) is 0.896. The Morgan fingerprint density at radius 1 is 1.30 bits per heavy atom.